The van der Waals surface area contributed by atoms with Crippen molar-refractivity contribution in [3.8, 4) is 16.9 Å². The highest BCUT2D eigenvalue weighted by Crippen LogP contribution is 2.41. The maximum absolute atomic E-state index is 13.2. The van der Waals surface area contributed by atoms with E-state index in [0.717, 1.165) is 25.2 Å². The van der Waals surface area contributed by atoms with Crippen LogP contribution in [0, 0.1) is 5.92 Å². The lowest BCUT2D eigenvalue weighted by atomic mass is 10.0. The number of rotatable bonds is 6. The van der Waals surface area contributed by atoms with E-state index < -0.39 is 17.6 Å². The van der Waals surface area contributed by atoms with Gasteiger partial charge in [-0.25, -0.2) is 9.97 Å². The van der Waals surface area contributed by atoms with E-state index in [-0.39, 0.29) is 33.7 Å². The highest BCUT2D eigenvalue weighted by molar-refractivity contribution is 6.34. The monoisotopic (exact) mass is 581 g/mol. The number of phenols is 1. The van der Waals surface area contributed by atoms with Gasteiger partial charge in [0.1, 0.15) is 23.8 Å². The van der Waals surface area contributed by atoms with Crippen LogP contribution < -0.4 is 21.5 Å². The fourth-order valence-electron chi connectivity index (χ4n) is 5.78. The Morgan fingerprint density at radius 3 is 2.67 bits per heavy atom. The van der Waals surface area contributed by atoms with Crippen molar-refractivity contribution in [3.05, 3.63) is 62.9 Å². The second kappa shape index (κ2) is 9.83. The minimum Gasteiger partial charge on any atom is -0.506 e. The Balaban J connectivity index is 1.34. The molecule has 2 amide bonds. The smallest absolute Gasteiger partial charge is 0.263 e. The summed E-state index contributed by atoms with van der Waals surface area (Å²) in [5.74, 6) is -0.276. The van der Waals surface area contributed by atoms with E-state index in [2.05, 4.69) is 20.2 Å². The number of halogens is 2. The van der Waals surface area contributed by atoms with Crippen LogP contribution in [-0.2, 0) is 18.4 Å². The molecule has 1 aromatic carbocycles. The number of fused-ring (bicyclic) bond motifs is 3. The molecule has 1 aliphatic heterocycles. The number of nitrogens with one attached hydrogen (secondary N) is 1. The molecule has 4 heterocycles. The van der Waals surface area contributed by atoms with Gasteiger partial charge in [0.15, 0.2) is 0 Å². The number of aromatic hydroxyl groups is 1. The Morgan fingerprint density at radius 1 is 1.18 bits per heavy atom. The fraction of sp³-hybridized carbons (Fsp3) is 0.296. The van der Waals surface area contributed by atoms with Crippen LogP contribution >= 0.6 is 23.2 Å². The molecule has 2 unspecified atom stereocenters. The molecule has 2 bridgehead atoms. The summed E-state index contributed by atoms with van der Waals surface area (Å²) in [4.78, 5) is 49.4. The van der Waals surface area contributed by atoms with Crippen molar-refractivity contribution in [1.82, 2.24) is 19.1 Å². The maximum Gasteiger partial charge on any atom is 0.263 e. The summed E-state index contributed by atoms with van der Waals surface area (Å²) in [7, 11) is 1.55. The molecular weight excluding hydrogens is 557 g/mol. The van der Waals surface area contributed by atoms with Gasteiger partial charge in [0, 0.05) is 37.5 Å². The molecule has 6 rings (SSSR count). The molecule has 2 aliphatic rings. The van der Waals surface area contributed by atoms with Crippen LogP contribution in [-0.4, -0.2) is 48.6 Å². The van der Waals surface area contributed by atoms with E-state index in [9.17, 15) is 19.5 Å². The van der Waals surface area contributed by atoms with Gasteiger partial charge in [0.2, 0.25) is 5.91 Å². The summed E-state index contributed by atoms with van der Waals surface area (Å²) >= 11 is 12.5. The van der Waals surface area contributed by atoms with Crippen LogP contribution in [0.15, 0.2) is 41.7 Å². The summed E-state index contributed by atoms with van der Waals surface area (Å²) in [6.45, 7) is 0.762. The molecule has 40 heavy (non-hydrogen) atoms. The van der Waals surface area contributed by atoms with Crippen molar-refractivity contribution in [2.24, 2.45) is 18.7 Å². The van der Waals surface area contributed by atoms with Gasteiger partial charge >= 0.3 is 0 Å². The first kappa shape index (κ1) is 26.1. The molecule has 11 nitrogen and oxygen atoms in total. The largest absolute Gasteiger partial charge is 0.506 e. The topological polar surface area (TPSA) is 148 Å². The number of hydrogen-bond acceptors (Lipinski definition) is 7. The lowest BCUT2D eigenvalue weighted by molar-refractivity contribution is -0.116. The number of carbonyl (C=O) groups excluding carboxylic acids is 2. The van der Waals surface area contributed by atoms with Crippen molar-refractivity contribution < 1.29 is 14.7 Å². The molecule has 0 radical (unpaired) electrons. The zero-order valence-electron chi connectivity index (χ0n) is 21.4. The third-order valence-electron chi connectivity index (χ3n) is 7.71. The number of nitrogens with two attached hydrogens (primary N) is 1. The Kier molecular flexibility index (Phi) is 6.42. The van der Waals surface area contributed by atoms with Crippen LogP contribution in [0.5, 0.6) is 5.75 Å². The first-order valence-electron chi connectivity index (χ1n) is 12.7. The highest BCUT2D eigenvalue weighted by atomic mass is 35.5. The summed E-state index contributed by atoms with van der Waals surface area (Å²) in [6, 6.07) is 5.01. The first-order chi connectivity index (χ1) is 19.1. The normalized spacial score (nSPS) is 18.0. The van der Waals surface area contributed by atoms with E-state index in [0.29, 0.717) is 33.8 Å². The summed E-state index contributed by atoms with van der Waals surface area (Å²) < 4.78 is 2.83. The van der Waals surface area contributed by atoms with Gasteiger partial charge in [-0.2, -0.15) is 0 Å². The second-order valence-corrected chi connectivity index (χ2v) is 11.1. The number of aromatic nitrogens is 4. The molecule has 13 heteroatoms. The second-order valence-electron chi connectivity index (χ2n) is 10.3. The van der Waals surface area contributed by atoms with Gasteiger partial charge < -0.3 is 30.2 Å². The molecule has 1 saturated carbocycles. The molecule has 2 fully saturated rings. The van der Waals surface area contributed by atoms with Crippen LogP contribution in [0.4, 0.5) is 11.5 Å². The van der Waals surface area contributed by atoms with Crippen LogP contribution in [0.3, 0.4) is 0 Å². The molecule has 1 aliphatic carbocycles. The number of nitrogens with zero attached hydrogens (tertiary/aromatic N) is 5. The van der Waals surface area contributed by atoms with Crippen LogP contribution in [0.25, 0.3) is 22.2 Å². The van der Waals surface area contributed by atoms with Crippen molar-refractivity contribution in [2.75, 3.05) is 16.8 Å². The fourth-order valence-corrected chi connectivity index (χ4v) is 6.15. The first-order valence-corrected chi connectivity index (χ1v) is 13.5. The number of primary amides is 1. The Labute approximate surface area is 238 Å². The summed E-state index contributed by atoms with van der Waals surface area (Å²) in [6.07, 6.45) is 8.01. The van der Waals surface area contributed by atoms with Crippen molar-refractivity contribution >= 4 is 57.6 Å². The summed E-state index contributed by atoms with van der Waals surface area (Å²) in [5, 5.41) is 13.4. The number of anilines is 2. The predicted octanol–water partition coefficient (Wildman–Crippen LogP) is 3.54. The molecule has 1 saturated heterocycles. The van der Waals surface area contributed by atoms with Gasteiger partial charge in [-0.05, 0) is 42.9 Å². The number of aryl methyl sites for hydroxylation is 1. The van der Waals surface area contributed by atoms with E-state index >= 15 is 0 Å². The Bertz CT molecular complexity index is 1770. The van der Waals surface area contributed by atoms with Gasteiger partial charge in [0.25, 0.3) is 11.5 Å². The average molecular weight is 582 g/mol. The molecule has 2 atom stereocenters. The standard InChI is InChI=1S/C27H25Cl2N7O4/c1-34-12-32-26-23(27(34)40)17(14-5-16(25(30)39)24(38)18(28)6-14)10-35(26)11-22(37)33-20-7-21(31-8-19(20)29)36-9-13-2-3-15(36)4-13/h5-8,10,12-13,15,38H,2-4,9,11H2,1H3,(H2,30,39)(H,31,33,37). The minimum atomic E-state index is -0.884. The number of amides is 2. The number of carbonyl (C=O) groups is 2. The maximum atomic E-state index is 13.2. The lowest BCUT2D eigenvalue weighted by Gasteiger charge is -2.28. The molecule has 3 aromatic heterocycles. The van der Waals surface area contributed by atoms with Crippen molar-refractivity contribution in [2.45, 2.75) is 31.8 Å². The molecule has 206 valence electrons. The molecule has 4 aromatic rings. The van der Waals surface area contributed by atoms with E-state index in [1.54, 1.807) is 19.3 Å². The lowest BCUT2D eigenvalue weighted by Crippen LogP contribution is -2.32. The van der Waals surface area contributed by atoms with Gasteiger partial charge in [0.05, 0.1) is 39.2 Å². The summed E-state index contributed by atoms with van der Waals surface area (Å²) in [5.41, 5.74) is 6.26. The zero-order valence-corrected chi connectivity index (χ0v) is 22.9. The van der Waals surface area contributed by atoms with E-state index in [4.69, 9.17) is 28.9 Å². The van der Waals surface area contributed by atoms with Crippen LogP contribution in [0.1, 0.15) is 29.6 Å². The number of piperidine rings is 1. The highest BCUT2D eigenvalue weighted by Gasteiger charge is 2.38. The van der Waals surface area contributed by atoms with Crippen molar-refractivity contribution in [1.29, 1.82) is 0 Å². The molecule has 0 spiro atoms. The third kappa shape index (κ3) is 4.44. The SMILES string of the molecule is Cn1cnc2c(c(-c3cc(Cl)c(O)c(C(N)=O)c3)cn2CC(=O)Nc2cc(N3CC4CCC3C4)ncc2Cl)c1=O. The Hall–Kier alpha value is -4.09. The quantitative estimate of drug-likeness (QED) is 0.315. The van der Waals surface area contributed by atoms with E-state index in [1.165, 1.54) is 40.2 Å². The molecular formula is C27H25Cl2N7O4. The van der Waals surface area contributed by atoms with Gasteiger partial charge in [-0.1, -0.05) is 23.2 Å². The van der Waals surface area contributed by atoms with Crippen molar-refractivity contribution in [3.63, 3.8) is 0 Å². The number of benzene rings is 1. The minimum absolute atomic E-state index is 0.111. The number of hydrogen-bond donors (Lipinski definition) is 3. The van der Waals surface area contributed by atoms with Crippen LogP contribution in [0.2, 0.25) is 10.0 Å². The van der Waals surface area contributed by atoms with Gasteiger partial charge in [-0.15, -0.1) is 0 Å². The average Bonchev–Trinajstić information content (AvgIpc) is 3.64. The third-order valence-corrected chi connectivity index (χ3v) is 8.30. The van der Waals surface area contributed by atoms with Gasteiger partial charge in [-0.3, -0.25) is 14.4 Å². The predicted molar refractivity (Wildman–Crippen MR) is 152 cm³/mol. The molecule has 4 N–H and O–H groups in total. The number of pyridine rings is 1. The zero-order chi connectivity index (χ0) is 28.3. The Morgan fingerprint density at radius 2 is 1.98 bits per heavy atom. The van der Waals surface area contributed by atoms with E-state index in [1.807, 2.05) is 0 Å².